The van der Waals surface area contributed by atoms with Crippen LogP contribution in [0.1, 0.15) is 10.7 Å². The molecule has 142 valence electrons. The molecule has 0 radical (unpaired) electrons. The number of thiazole rings is 1. The van der Waals surface area contributed by atoms with E-state index < -0.39 is 0 Å². The second-order valence-corrected chi connectivity index (χ2v) is 8.81. The van der Waals surface area contributed by atoms with Gasteiger partial charge in [0.2, 0.25) is 5.91 Å². The number of anilines is 1. The number of carbonyl (C=O) groups is 1. The third-order valence-electron chi connectivity index (χ3n) is 3.96. The van der Waals surface area contributed by atoms with E-state index in [1.165, 1.54) is 34.4 Å². The van der Waals surface area contributed by atoms with Gasteiger partial charge in [0.25, 0.3) is 5.56 Å². The quantitative estimate of drug-likeness (QED) is 0.372. The van der Waals surface area contributed by atoms with Crippen LogP contribution in [0.5, 0.6) is 0 Å². The van der Waals surface area contributed by atoms with Gasteiger partial charge >= 0.3 is 0 Å². The van der Waals surface area contributed by atoms with Crippen molar-refractivity contribution in [3.63, 3.8) is 0 Å². The Morgan fingerprint density at radius 1 is 1.18 bits per heavy atom. The van der Waals surface area contributed by atoms with E-state index in [4.69, 9.17) is 0 Å². The average Bonchev–Trinajstić information content (AvgIpc) is 3.33. The summed E-state index contributed by atoms with van der Waals surface area (Å²) in [5.41, 5.74) is 2.35. The summed E-state index contributed by atoms with van der Waals surface area (Å²) in [6.07, 6.45) is 0.238. The lowest BCUT2D eigenvalue weighted by atomic mass is 10.3. The number of fused-ring (bicyclic) bond motifs is 1. The highest BCUT2D eigenvalue weighted by atomic mass is 32.2. The maximum Gasteiger partial charge on any atom is 0.271 e. The number of nitrogens with zero attached hydrogens (tertiary/aromatic N) is 3. The number of hydrogen-bond acceptors (Lipinski definition) is 7. The van der Waals surface area contributed by atoms with Crippen LogP contribution in [0.15, 0.2) is 57.1 Å². The molecular weight excluding hydrogens is 412 g/mol. The number of amides is 1. The lowest BCUT2D eigenvalue weighted by Gasteiger charge is -2.05. The summed E-state index contributed by atoms with van der Waals surface area (Å²) in [5, 5.41) is 8.10. The fourth-order valence-corrected chi connectivity index (χ4v) is 5.16. The van der Waals surface area contributed by atoms with Crippen LogP contribution in [0.3, 0.4) is 0 Å². The first-order valence-corrected chi connectivity index (χ1v) is 11.2. The van der Waals surface area contributed by atoms with Crippen molar-refractivity contribution in [1.82, 2.24) is 14.5 Å². The molecular formula is C19H16N4O2S3. The molecule has 0 spiro atoms. The molecule has 1 N–H and O–H groups in total. The van der Waals surface area contributed by atoms with Gasteiger partial charge in [0.15, 0.2) is 5.16 Å². The SMILES string of the molecule is Cn1c(SCc2csc(CC(=O)Nc3ccccc3)n2)nc2ccsc2c1=O. The van der Waals surface area contributed by atoms with Gasteiger partial charge in [-0.05, 0) is 23.6 Å². The molecule has 0 aliphatic heterocycles. The molecule has 3 heterocycles. The second-order valence-electron chi connectivity index (χ2n) is 6.01. The number of aromatic nitrogens is 3. The van der Waals surface area contributed by atoms with Gasteiger partial charge in [0.05, 0.1) is 17.6 Å². The summed E-state index contributed by atoms with van der Waals surface area (Å²) in [6, 6.07) is 11.2. The number of hydrogen-bond donors (Lipinski definition) is 1. The molecule has 0 atom stereocenters. The smallest absolute Gasteiger partial charge is 0.271 e. The van der Waals surface area contributed by atoms with E-state index in [9.17, 15) is 9.59 Å². The zero-order valence-electron chi connectivity index (χ0n) is 14.9. The largest absolute Gasteiger partial charge is 0.326 e. The molecule has 28 heavy (non-hydrogen) atoms. The Morgan fingerprint density at radius 2 is 2.00 bits per heavy atom. The van der Waals surface area contributed by atoms with Crippen molar-refractivity contribution in [2.45, 2.75) is 17.3 Å². The summed E-state index contributed by atoms with van der Waals surface area (Å²) in [7, 11) is 1.73. The number of para-hydroxylation sites is 1. The van der Waals surface area contributed by atoms with Gasteiger partial charge in [-0.15, -0.1) is 22.7 Å². The minimum atomic E-state index is -0.0910. The van der Waals surface area contributed by atoms with E-state index in [-0.39, 0.29) is 17.9 Å². The van der Waals surface area contributed by atoms with Crippen molar-refractivity contribution >= 4 is 56.2 Å². The van der Waals surface area contributed by atoms with Crippen molar-refractivity contribution in [3.05, 3.63) is 68.2 Å². The normalized spacial score (nSPS) is 11.0. The number of benzene rings is 1. The van der Waals surface area contributed by atoms with Gasteiger partial charge in [0.1, 0.15) is 9.71 Å². The lowest BCUT2D eigenvalue weighted by molar-refractivity contribution is -0.115. The van der Waals surface area contributed by atoms with Crippen LogP contribution < -0.4 is 10.9 Å². The van der Waals surface area contributed by atoms with E-state index >= 15 is 0 Å². The summed E-state index contributed by atoms with van der Waals surface area (Å²) in [5.74, 6) is 0.499. The van der Waals surface area contributed by atoms with E-state index in [0.717, 1.165) is 21.9 Å². The number of carbonyl (C=O) groups excluding carboxylic acids is 1. The van der Waals surface area contributed by atoms with Gasteiger partial charge in [-0.25, -0.2) is 9.97 Å². The molecule has 0 aliphatic rings. The van der Waals surface area contributed by atoms with Crippen LogP contribution in [-0.4, -0.2) is 20.4 Å². The minimum Gasteiger partial charge on any atom is -0.326 e. The molecule has 3 aromatic heterocycles. The predicted molar refractivity (Wildman–Crippen MR) is 115 cm³/mol. The van der Waals surface area contributed by atoms with Crippen LogP contribution >= 0.6 is 34.4 Å². The first kappa shape index (κ1) is 18.9. The Morgan fingerprint density at radius 3 is 2.82 bits per heavy atom. The van der Waals surface area contributed by atoms with Gasteiger partial charge in [-0.3, -0.25) is 14.2 Å². The third kappa shape index (κ3) is 4.16. The topological polar surface area (TPSA) is 76.9 Å². The summed E-state index contributed by atoms with van der Waals surface area (Å²) >= 11 is 4.34. The van der Waals surface area contributed by atoms with Crippen molar-refractivity contribution in [1.29, 1.82) is 0 Å². The lowest BCUT2D eigenvalue weighted by Crippen LogP contribution is -2.18. The zero-order valence-corrected chi connectivity index (χ0v) is 17.4. The molecule has 1 aromatic carbocycles. The number of nitrogens with one attached hydrogen (secondary N) is 1. The first-order valence-electron chi connectivity index (χ1n) is 8.45. The molecule has 0 fully saturated rings. The Kier molecular flexibility index (Phi) is 5.56. The first-order chi connectivity index (χ1) is 13.6. The molecule has 0 saturated heterocycles. The van der Waals surface area contributed by atoms with E-state index in [1.807, 2.05) is 47.2 Å². The minimum absolute atomic E-state index is 0.0287. The second kappa shape index (κ2) is 8.26. The molecule has 0 saturated carbocycles. The standard InChI is InChI=1S/C19H16N4O2S3/c1-23-18(25)17-14(7-8-26-17)22-19(23)28-11-13-10-27-16(21-13)9-15(24)20-12-5-3-2-4-6-12/h2-8,10H,9,11H2,1H3,(H,20,24). The Labute approximate surface area is 173 Å². The van der Waals surface area contributed by atoms with Crippen LogP contribution in [0.2, 0.25) is 0 Å². The monoisotopic (exact) mass is 428 g/mol. The molecule has 4 rings (SSSR count). The molecule has 4 aromatic rings. The van der Waals surface area contributed by atoms with Crippen LogP contribution in [-0.2, 0) is 24.0 Å². The predicted octanol–water partition coefficient (Wildman–Crippen LogP) is 3.93. The maximum atomic E-state index is 12.4. The molecule has 0 bridgehead atoms. The van der Waals surface area contributed by atoms with Gasteiger partial charge < -0.3 is 5.32 Å². The maximum absolute atomic E-state index is 12.4. The van der Waals surface area contributed by atoms with Crippen molar-refractivity contribution < 1.29 is 4.79 Å². The summed E-state index contributed by atoms with van der Waals surface area (Å²) in [6.45, 7) is 0. The third-order valence-corrected chi connectivity index (χ3v) is 6.82. The van der Waals surface area contributed by atoms with Gasteiger partial charge in [-0.1, -0.05) is 30.0 Å². The van der Waals surface area contributed by atoms with Crippen molar-refractivity contribution in [2.75, 3.05) is 5.32 Å². The molecule has 0 unspecified atom stereocenters. The van der Waals surface area contributed by atoms with Crippen molar-refractivity contribution in [3.8, 4) is 0 Å². The highest BCUT2D eigenvalue weighted by molar-refractivity contribution is 7.98. The Bertz CT molecular complexity index is 1180. The Balaban J connectivity index is 1.39. The zero-order chi connectivity index (χ0) is 19.5. The Hall–Kier alpha value is -2.49. The number of thioether (sulfide) groups is 1. The fraction of sp³-hybridized carbons (Fsp3) is 0.158. The molecule has 1 amide bonds. The van der Waals surface area contributed by atoms with Crippen LogP contribution in [0, 0.1) is 0 Å². The van der Waals surface area contributed by atoms with E-state index in [2.05, 4.69) is 15.3 Å². The van der Waals surface area contributed by atoms with Crippen molar-refractivity contribution in [2.24, 2.45) is 7.05 Å². The summed E-state index contributed by atoms with van der Waals surface area (Å²) < 4.78 is 2.25. The highest BCUT2D eigenvalue weighted by Gasteiger charge is 2.12. The summed E-state index contributed by atoms with van der Waals surface area (Å²) in [4.78, 5) is 33.6. The van der Waals surface area contributed by atoms with E-state index in [0.29, 0.717) is 15.6 Å². The average molecular weight is 429 g/mol. The molecule has 6 nitrogen and oxygen atoms in total. The molecule has 0 aliphatic carbocycles. The van der Waals surface area contributed by atoms with Gasteiger partial charge in [-0.2, -0.15) is 0 Å². The van der Waals surface area contributed by atoms with Gasteiger partial charge in [0, 0.05) is 23.9 Å². The fourth-order valence-electron chi connectivity index (χ4n) is 2.60. The molecule has 9 heteroatoms. The van der Waals surface area contributed by atoms with E-state index in [1.54, 1.807) is 11.6 Å². The number of rotatable bonds is 6. The van der Waals surface area contributed by atoms with Crippen LogP contribution in [0.25, 0.3) is 10.2 Å². The number of thiophene rings is 1. The highest BCUT2D eigenvalue weighted by Crippen LogP contribution is 2.24. The van der Waals surface area contributed by atoms with Crippen LogP contribution in [0.4, 0.5) is 5.69 Å².